The molecule has 9 nitrogen and oxygen atoms in total. The molecule has 0 bridgehead atoms. The van der Waals surface area contributed by atoms with E-state index >= 15 is 0 Å². The van der Waals surface area contributed by atoms with Crippen LogP contribution < -0.4 is 16.5 Å². The second-order valence-electron chi connectivity index (χ2n) is 7.47. The number of rotatable bonds is 7. The van der Waals surface area contributed by atoms with Crippen LogP contribution in [0, 0.1) is 6.92 Å². The first-order chi connectivity index (χ1) is 15.4. The van der Waals surface area contributed by atoms with Gasteiger partial charge in [0.05, 0.1) is 16.8 Å². The van der Waals surface area contributed by atoms with Gasteiger partial charge in [0.25, 0.3) is 5.91 Å². The molecule has 162 valence electrons. The summed E-state index contributed by atoms with van der Waals surface area (Å²) in [5.41, 5.74) is 10.2. The standard InChI is InChI=1S/C22H23BN6O3/c1-3-17-21(25-12-14-6-4-7-15(11-14)23(31)32)26-22(28-27-17)19-13(2)10-18-16(20(24)30)8-5-9-29(18)19/h4-11,31-32H,3,12H2,1-2H3,(H2,24,30)(H,25,26,28). The van der Waals surface area contributed by atoms with E-state index in [0.29, 0.717) is 46.8 Å². The van der Waals surface area contributed by atoms with Gasteiger partial charge in [0, 0.05) is 12.7 Å². The van der Waals surface area contributed by atoms with Crippen LogP contribution in [-0.4, -0.2) is 42.7 Å². The molecular formula is C22H23BN6O3. The van der Waals surface area contributed by atoms with Crippen molar-refractivity contribution in [3.05, 3.63) is 71.0 Å². The van der Waals surface area contributed by atoms with Gasteiger partial charge >= 0.3 is 7.12 Å². The number of nitrogens with two attached hydrogens (primary N) is 1. The maximum atomic E-state index is 11.8. The molecule has 0 aliphatic carbocycles. The number of benzene rings is 1. The van der Waals surface area contributed by atoms with Crippen LogP contribution >= 0.6 is 0 Å². The minimum absolute atomic E-state index is 0.419. The number of amides is 1. The molecular weight excluding hydrogens is 407 g/mol. The van der Waals surface area contributed by atoms with Gasteiger partial charge in [-0.1, -0.05) is 31.2 Å². The summed E-state index contributed by atoms with van der Waals surface area (Å²) in [6.07, 6.45) is 2.47. The van der Waals surface area contributed by atoms with Gasteiger partial charge in [0.2, 0.25) is 5.82 Å². The Balaban J connectivity index is 1.72. The van der Waals surface area contributed by atoms with E-state index in [2.05, 4.69) is 15.5 Å². The lowest BCUT2D eigenvalue weighted by atomic mass is 9.80. The van der Waals surface area contributed by atoms with Gasteiger partial charge < -0.3 is 25.5 Å². The van der Waals surface area contributed by atoms with E-state index < -0.39 is 13.0 Å². The number of carbonyl (C=O) groups is 1. The molecule has 5 N–H and O–H groups in total. The van der Waals surface area contributed by atoms with Crippen LogP contribution in [0.1, 0.15) is 34.1 Å². The molecule has 1 amide bonds. The topological polar surface area (TPSA) is 139 Å². The summed E-state index contributed by atoms with van der Waals surface area (Å²) in [4.78, 5) is 16.5. The molecule has 3 heterocycles. The SMILES string of the molecule is CCc1nnc(-c2c(C)cc3c(C(N)=O)cccn23)nc1NCc1cccc(B(O)O)c1. The van der Waals surface area contributed by atoms with Crippen molar-refractivity contribution in [2.75, 3.05) is 5.32 Å². The van der Waals surface area contributed by atoms with Gasteiger partial charge in [0.15, 0.2) is 5.82 Å². The van der Waals surface area contributed by atoms with Crippen molar-refractivity contribution < 1.29 is 14.8 Å². The van der Waals surface area contributed by atoms with Gasteiger partial charge in [-0.3, -0.25) is 4.79 Å². The molecule has 10 heteroatoms. The fraction of sp³-hybridized carbons (Fsp3) is 0.182. The molecule has 0 aliphatic rings. The van der Waals surface area contributed by atoms with Crippen LogP contribution in [0.5, 0.6) is 0 Å². The van der Waals surface area contributed by atoms with E-state index in [1.54, 1.807) is 30.3 Å². The predicted molar refractivity (Wildman–Crippen MR) is 122 cm³/mol. The number of pyridine rings is 1. The normalized spacial score (nSPS) is 11.0. The Morgan fingerprint density at radius 1 is 1.19 bits per heavy atom. The molecule has 4 rings (SSSR count). The van der Waals surface area contributed by atoms with Gasteiger partial charge in [-0.2, -0.15) is 0 Å². The highest BCUT2D eigenvalue weighted by Gasteiger charge is 2.18. The first-order valence-electron chi connectivity index (χ1n) is 10.2. The second-order valence-corrected chi connectivity index (χ2v) is 7.47. The summed E-state index contributed by atoms with van der Waals surface area (Å²) in [7, 11) is -1.52. The van der Waals surface area contributed by atoms with Crippen molar-refractivity contribution in [1.29, 1.82) is 0 Å². The number of hydrogen-bond donors (Lipinski definition) is 4. The lowest BCUT2D eigenvalue weighted by Crippen LogP contribution is -2.30. The van der Waals surface area contributed by atoms with Crippen LogP contribution in [0.2, 0.25) is 0 Å². The Morgan fingerprint density at radius 2 is 2.00 bits per heavy atom. The lowest BCUT2D eigenvalue weighted by Gasteiger charge is -2.12. The number of aryl methyl sites for hydroxylation is 2. The van der Waals surface area contributed by atoms with Crippen LogP contribution in [0.15, 0.2) is 48.7 Å². The zero-order valence-corrected chi connectivity index (χ0v) is 17.8. The number of aromatic nitrogens is 4. The lowest BCUT2D eigenvalue weighted by molar-refractivity contribution is 0.100. The van der Waals surface area contributed by atoms with Crippen LogP contribution in [0.4, 0.5) is 5.82 Å². The number of nitrogens with zero attached hydrogens (tertiary/aromatic N) is 4. The van der Waals surface area contributed by atoms with E-state index in [-0.39, 0.29) is 0 Å². The number of hydrogen-bond acceptors (Lipinski definition) is 7. The van der Waals surface area contributed by atoms with Crippen molar-refractivity contribution in [3.8, 4) is 11.5 Å². The van der Waals surface area contributed by atoms with Crippen molar-refractivity contribution in [2.24, 2.45) is 5.73 Å². The number of nitrogens with one attached hydrogen (secondary N) is 1. The van der Waals surface area contributed by atoms with Crippen LogP contribution in [-0.2, 0) is 13.0 Å². The van der Waals surface area contributed by atoms with Gasteiger partial charge in [-0.25, -0.2) is 4.98 Å². The minimum atomic E-state index is -1.52. The summed E-state index contributed by atoms with van der Waals surface area (Å²) < 4.78 is 1.84. The Hall–Kier alpha value is -3.76. The molecule has 0 aliphatic heterocycles. The van der Waals surface area contributed by atoms with E-state index in [0.717, 1.165) is 16.8 Å². The zero-order chi connectivity index (χ0) is 22.8. The molecule has 0 atom stereocenters. The molecule has 1 aromatic carbocycles. The highest BCUT2D eigenvalue weighted by Crippen LogP contribution is 2.27. The van der Waals surface area contributed by atoms with E-state index in [1.807, 2.05) is 36.6 Å². The third-order valence-corrected chi connectivity index (χ3v) is 5.28. The monoisotopic (exact) mass is 430 g/mol. The average molecular weight is 430 g/mol. The quantitative estimate of drug-likeness (QED) is 0.322. The van der Waals surface area contributed by atoms with Gasteiger partial charge in [-0.15, -0.1) is 10.2 Å². The molecule has 3 aromatic heterocycles. The molecule has 0 spiro atoms. The predicted octanol–water partition coefficient (Wildman–Crippen LogP) is 1.05. The molecule has 0 fully saturated rings. The first-order valence-corrected chi connectivity index (χ1v) is 10.2. The highest BCUT2D eigenvalue weighted by atomic mass is 16.4. The minimum Gasteiger partial charge on any atom is -0.423 e. The highest BCUT2D eigenvalue weighted by molar-refractivity contribution is 6.58. The Bertz CT molecular complexity index is 1300. The Kier molecular flexibility index (Phi) is 5.89. The number of carbonyl (C=O) groups excluding carboxylic acids is 1. The van der Waals surface area contributed by atoms with E-state index in [9.17, 15) is 14.8 Å². The Morgan fingerprint density at radius 3 is 2.72 bits per heavy atom. The molecule has 0 saturated heterocycles. The molecule has 32 heavy (non-hydrogen) atoms. The summed E-state index contributed by atoms with van der Waals surface area (Å²) in [6.45, 7) is 4.31. The third-order valence-electron chi connectivity index (χ3n) is 5.28. The van der Waals surface area contributed by atoms with Crippen molar-refractivity contribution in [3.63, 3.8) is 0 Å². The zero-order valence-electron chi connectivity index (χ0n) is 17.8. The van der Waals surface area contributed by atoms with Crippen molar-refractivity contribution >= 4 is 29.8 Å². The smallest absolute Gasteiger partial charge is 0.423 e. The Labute approximate surface area is 185 Å². The largest absolute Gasteiger partial charge is 0.488 e. The van der Waals surface area contributed by atoms with Gasteiger partial charge in [0.1, 0.15) is 5.69 Å². The first kappa shape index (κ1) is 21.5. The summed E-state index contributed by atoms with van der Waals surface area (Å²) in [6, 6.07) is 12.3. The summed E-state index contributed by atoms with van der Waals surface area (Å²) in [5.74, 6) is 0.508. The second kappa shape index (κ2) is 8.78. The summed E-state index contributed by atoms with van der Waals surface area (Å²) in [5, 5.41) is 30.8. The average Bonchev–Trinajstić information content (AvgIpc) is 3.13. The molecule has 0 saturated carbocycles. The maximum absolute atomic E-state index is 11.8. The molecule has 0 unspecified atom stereocenters. The fourth-order valence-corrected chi connectivity index (χ4v) is 3.70. The number of fused-ring (bicyclic) bond motifs is 1. The van der Waals surface area contributed by atoms with Gasteiger partial charge in [-0.05, 0) is 48.1 Å². The fourth-order valence-electron chi connectivity index (χ4n) is 3.70. The third kappa shape index (κ3) is 4.05. The maximum Gasteiger partial charge on any atom is 0.488 e. The molecule has 0 radical (unpaired) electrons. The van der Waals surface area contributed by atoms with Crippen molar-refractivity contribution in [2.45, 2.75) is 26.8 Å². The van der Waals surface area contributed by atoms with E-state index in [4.69, 9.17) is 10.7 Å². The number of anilines is 1. The summed E-state index contributed by atoms with van der Waals surface area (Å²) >= 11 is 0. The van der Waals surface area contributed by atoms with Crippen LogP contribution in [0.25, 0.3) is 17.0 Å². The molecule has 4 aromatic rings. The van der Waals surface area contributed by atoms with Crippen LogP contribution in [0.3, 0.4) is 0 Å². The number of primary amides is 1. The van der Waals surface area contributed by atoms with Crippen molar-refractivity contribution in [1.82, 2.24) is 19.6 Å². The van der Waals surface area contributed by atoms with E-state index in [1.165, 1.54) is 0 Å².